The molecule has 7 nitrogen and oxygen atoms in total. The number of likely N-dealkylation sites (N-methyl/N-ethyl adjacent to an activating group) is 1. The van der Waals surface area contributed by atoms with Gasteiger partial charge in [0.1, 0.15) is 11.6 Å². The first-order valence-corrected chi connectivity index (χ1v) is 12.2. The van der Waals surface area contributed by atoms with Crippen LogP contribution in [0.5, 0.6) is 5.75 Å². The second-order valence-corrected chi connectivity index (χ2v) is 9.51. The van der Waals surface area contributed by atoms with E-state index in [1.165, 1.54) is 48.5 Å². The zero-order valence-corrected chi connectivity index (χ0v) is 20.1. The second-order valence-electron chi connectivity index (χ2n) is 7.83. The molecule has 0 saturated heterocycles. The molecule has 0 radical (unpaired) electrons. The lowest BCUT2D eigenvalue weighted by atomic mass is 10.1. The molecule has 1 amide bonds. The van der Waals surface area contributed by atoms with Gasteiger partial charge < -0.3 is 15.0 Å². The van der Waals surface area contributed by atoms with E-state index in [4.69, 9.17) is 4.74 Å². The largest absolute Gasteiger partial charge is 0.494 e. The molecule has 0 heterocycles. The van der Waals surface area contributed by atoms with Crippen LogP contribution in [-0.4, -0.2) is 46.5 Å². The van der Waals surface area contributed by atoms with Gasteiger partial charge in [-0.1, -0.05) is 12.1 Å². The number of sulfonamides is 1. The number of benzene rings is 3. The number of rotatable bonds is 10. The van der Waals surface area contributed by atoms with Gasteiger partial charge in [-0.15, -0.1) is 0 Å². The summed E-state index contributed by atoms with van der Waals surface area (Å²) in [5, 5.41) is 2.85. The number of nitrogens with one attached hydrogen (secondary N) is 2. The molecule has 0 unspecified atom stereocenters. The second kappa shape index (κ2) is 11.1. The van der Waals surface area contributed by atoms with Crippen LogP contribution in [0.1, 0.15) is 28.9 Å². The molecule has 3 aromatic carbocycles. The van der Waals surface area contributed by atoms with Crippen LogP contribution in [0, 0.1) is 5.82 Å². The van der Waals surface area contributed by atoms with Crippen LogP contribution in [0.25, 0.3) is 0 Å². The van der Waals surface area contributed by atoms with E-state index < -0.39 is 10.0 Å². The number of amides is 1. The van der Waals surface area contributed by atoms with E-state index in [-0.39, 0.29) is 29.2 Å². The lowest BCUT2D eigenvalue weighted by molar-refractivity contribution is 0.0942. The van der Waals surface area contributed by atoms with E-state index in [9.17, 15) is 17.6 Å². The fourth-order valence-corrected chi connectivity index (χ4v) is 4.45. The first-order valence-electron chi connectivity index (χ1n) is 10.8. The molecule has 0 aliphatic heterocycles. The van der Waals surface area contributed by atoms with E-state index in [0.29, 0.717) is 23.6 Å². The molecule has 0 bridgehead atoms. The van der Waals surface area contributed by atoms with Crippen molar-refractivity contribution in [2.75, 3.05) is 32.0 Å². The maximum absolute atomic E-state index is 13.6. The topological polar surface area (TPSA) is 87.7 Å². The van der Waals surface area contributed by atoms with Gasteiger partial charge in [-0.3, -0.25) is 9.52 Å². The molecule has 0 fully saturated rings. The Morgan fingerprint density at radius 3 is 2.29 bits per heavy atom. The third-order valence-electron chi connectivity index (χ3n) is 5.16. The van der Waals surface area contributed by atoms with Gasteiger partial charge >= 0.3 is 0 Å². The molecule has 34 heavy (non-hydrogen) atoms. The summed E-state index contributed by atoms with van der Waals surface area (Å²) < 4.78 is 46.7. The van der Waals surface area contributed by atoms with Gasteiger partial charge in [-0.05, 0) is 87.2 Å². The van der Waals surface area contributed by atoms with Crippen LogP contribution in [0.15, 0.2) is 77.7 Å². The molecule has 0 aromatic heterocycles. The van der Waals surface area contributed by atoms with E-state index in [1.807, 2.05) is 32.0 Å². The van der Waals surface area contributed by atoms with Gasteiger partial charge in [-0.25, -0.2) is 12.8 Å². The third-order valence-corrected chi connectivity index (χ3v) is 6.55. The van der Waals surface area contributed by atoms with Crippen molar-refractivity contribution in [3.05, 3.63) is 89.7 Å². The standard InChI is InChI=1S/C25H28FN3O4S/c1-4-33-22-12-14-23(15-13-22)34(31,32)28-21-10-8-18(9-11-21)25(30)27-17-24(29(2)3)19-6-5-7-20(26)16-19/h5-16,24,28H,4,17H2,1-3H3,(H,27,30)/t24-/m0/s1. The predicted octanol–water partition coefficient (Wildman–Crippen LogP) is 4.06. The molecule has 9 heteroatoms. The summed E-state index contributed by atoms with van der Waals surface area (Å²) in [4.78, 5) is 14.6. The van der Waals surface area contributed by atoms with Crippen molar-refractivity contribution in [2.45, 2.75) is 17.9 Å². The Kier molecular flexibility index (Phi) is 8.25. The van der Waals surface area contributed by atoms with E-state index >= 15 is 0 Å². The van der Waals surface area contributed by atoms with Crippen LogP contribution < -0.4 is 14.8 Å². The number of anilines is 1. The molecular weight excluding hydrogens is 457 g/mol. The number of halogens is 1. The van der Waals surface area contributed by atoms with Crippen molar-refractivity contribution >= 4 is 21.6 Å². The Labute approximate surface area is 199 Å². The highest BCUT2D eigenvalue weighted by Gasteiger charge is 2.17. The molecular formula is C25H28FN3O4S. The van der Waals surface area contributed by atoms with Crippen molar-refractivity contribution in [1.29, 1.82) is 0 Å². The average Bonchev–Trinajstić information content (AvgIpc) is 2.80. The zero-order chi connectivity index (χ0) is 24.7. The molecule has 0 aliphatic rings. The predicted molar refractivity (Wildman–Crippen MR) is 130 cm³/mol. The molecule has 0 spiro atoms. The van der Waals surface area contributed by atoms with Crippen LogP contribution in [-0.2, 0) is 10.0 Å². The molecule has 1 atom stereocenters. The summed E-state index contributed by atoms with van der Waals surface area (Å²) >= 11 is 0. The van der Waals surface area contributed by atoms with E-state index in [0.717, 1.165) is 5.56 Å². The highest BCUT2D eigenvalue weighted by atomic mass is 32.2. The van der Waals surface area contributed by atoms with Crippen molar-refractivity contribution < 1.29 is 22.3 Å². The summed E-state index contributed by atoms with van der Waals surface area (Å²) in [5.74, 6) is -0.0613. The highest BCUT2D eigenvalue weighted by molar-refractivity contribution is 7.92. The molecule has 3 rings (SSSR count). The van der Waals surface area contributed by atoms with Gasteiger partial charge in [-0.2, -0.15) is 0 Å². The smallest absolute Gasteiger partial charge is 0.261 e. The Morgan fingerprint density at radius 2 is 1.71 bits per heavy atom. The number of hydrogen-bond acceptors (Lipinski definition) is 5. The Balaban J connectivity index is 1.63. The quantitative estimate of drug-likeness (QED) is 0.452. The Bertz CT molecular complexity index is 1210. The SMILES string of the molecule is CCOc1ccc(S(=O)(=O)Nc2ccc(C(=O)NC[C@@H](c3cccc(F)c3)N(C)C)cc2)cc1. The summed E-state index contributed by atoms with van der Waals surface area (Å²) in [6.07, 6.45) is 0. The first-order chi connectivity index (χ1) is 16.2. The van der Waals surface area contributed by atoms with Gasteiger partial charge in [0.25, 0.3) is 15.9 Å². The number of hydrogen-bond donors (Lipinski definition) is 2. The zero-order valence-electron chi connectivity index (χ0n) is 19.3. The maximum Gasteiger partial charge on any atom is 0.261 e. The van der Waals surface area contributed by atoms with Crippen LogP contribution in [0.4, 0.5) is 10.1 Å². The lowest BCUT2D eigenvalue weighted by Gasteiger charge is -2.25. The third kappa shape index (κ3) is 6.55. The Morgan fingerprint density at radius 1 is 1.03 bits per heavy atom. The minimum Gasteiger partial charge on any atom is -0.494 e. The summed E-state index contributed by atoms with van der Waals surface area (Å²) in [6, 6.07) is 18.3. The number of nitrogens with zero attached hydrogens (tertiary/aromatic N) is 1. The van der Waals surface area contributed by atoms with Gasteiger partial charge in [0.2, 0.25) is 0 Å². The number of carbonyl (C=O) groups is 1. The molecule has 3 aromatic rings. The highest BCUT2D eigenvalue weighted by Crippen LogP contribution is 2.21. The summed E-state index contributed by atoms with van der Waals surface area (Å²) in [7, 11) is -0.0772. The van der Waals surface area contributed by atoms with Crippen molar-refractivity contribution in [2.24, 2.45) is 0 Å². The number of ether oxygens (including phenoxy) is 1. The fraction of sp³-hybridized carbons (Fsp3) is 0.240. The van der Waals surface area contributed by atoms with Crippen LogP contribution in [0.3, 0.4) is 0 Å². The summed E-state index contributed by atoms with van der Waals surface area (Å²) in [6.45, 7) is 2.62. The first kappa shape index (κ1) is 25.2. The molecule has 2 N–H and O–H groups in total. The lowest BCUT2D eigenvalue weighted by Crippen LogP contribution is -2.34. The summed E-state index contributed by atoms with van der Waals surface area (Å²) in [5.41, 5.74) is 1.46. The van der Waals surface area contributed by atoms with Gasteiger partial charge in [0.15, 0.2) is 0 Å². The van der Waals surface area contributed by atoms with Crippen molar-refractivity contribution in [1.82, 2.24) is 10.2 Å². The minimum absolute atomic E-state index is 0.102. The monoisotopic (exact) mass is 485 g/mol. The maximum atomic E-state index is 13.6. The molecule has 0 saturated carbocycles. The van der Waals surface area contributed by atoms with Crippen molar-refractivity contribution in [3.63, 3.8) is 0 Å². The molecule has 180 valence electrons. The van der Waals surface area contributed by atoms with Gasteiger partial charge in [0.05, 0.1) is 17.5 Å². The fourth-order valence-electron chi connectivity index (χ4n) is 3.39. The molecule has 0 aliphatic carbocycles. The number of carbonyl (C=O) groups excluding carboxylic acids is 1. The van der Waals surface area contributed by atoms with E-state index in [1.54, 1.807) is 18.2 Å². The Hall–Kier alpha value is -3.43. The minimum atomic E-state index is -3.79. The normalized spacial score (nSPS) is 12.3. The van der Waals surface area contributed by atoms with Crippen molar-refractivity contribution in [3.8, 4) is 5.75 Å². The van der Waals surface area contributed by atoms with Crippen LogP contribution in [0.2, 0.25) is 0 Å². The van der Waals surface area contributed by atoms with Crippen LogP contribution >= 0.6 is 0 Å². The van der Waals surface area contributed by atoms with Gasteiger partial charge in [0, 0.05) is 17.8 Å². The average molecular weight is 486 g/mol. The van der Waals surface area contributed by atoms with E-state index in [2.05, 4.69) is 10.0 Å².